The van der Waals surface area contributed by atoms with Crippen molar-refractivity contribution in [1.82, 2.24) is 10.3 Å². The maximum Gasteiger partial charge on any atom is 0.251 e. The molecule has 0 spiro atoms. The maximum atomic E-state index is 12.0. The van der Waals surface area contributed by atoms with Crippen LogP contribution in [0, 0.1) is 0 Å². The Balaban J connectivity index is 1.42. The van der Waals surface area contributed by atoms with Gasteiger partial charge in [0.2, 0.25) is 5.91 Å². The largest absolute Gasteiger partial charge is 0.378 e. The lowest BCUT2D eigenvalue weighted by atomic mass is 10.2. The summed E-state index contributed by atoms with van der Waals surface area (Å²) in [5.41, 5.74) is 1.59. The molecule has 1 aromatic carbocycles. The summed E-state index contributed by atoms with van der Waals surface area (Å²) >= 11 is 0. The summed E-state index contributed by atoms with van der Waals surface area (Å²) in [7, 11) is 0. The van der Waals surface area contributed by atoms with Crippen LogP contribution in [-0.4, -0.2) is 49.6 Å². The number of anilines is 2. The van der Waals surface area contributed by atoms with Crippen molar-refractivity contribution in [3.8, 4) is 0 Å². The van der Waals surface area contributed by atoms with Gasteiger partial charge in [-0.2, -0.15) is 0 Å². The van der Waals surface area contributed by atoms with Gasteiger partial charge in [-0.25, -0.2) is 4.98 Å². The predicted octanol–water partition coefficient (Wildman–Crippen LogP) is 1.68. The number of carbonyl (C=O) groups is 2. The number of ether oxygens (including phenoxy) is 1. The minimum absolute atomic E-state index is 0.186. The predicted molar refractivity (Wildman–Crippen MR) is 99.3 cm³/mol. The number of carbonyl (C=O) groups excluding carboxylic acids is 2. The van der Waals surface area contributed by atoms with Gasteiger partial charge in [0.05, 0.1) is 25.1 Å². The van der Waals surface area contributed by atoms with E-state index in [0.717, 1.165) is 18.8 Å². The number of amides is 2. The summed E-state index contributed by atoms with van der Waals surface area (Å²) in [5, 5.41) is 5.47. The molecular weight excluding hydrogens is 332 g/mol. The monoisotopic (exact) mass is 354 g/mol. The second-order valence-corrected chi connectivity index (χ2v) is 5.92. The van der Waals surface area contributed by atoms with Crippen molar-refractivity contribution in [1.29, 1.82) is 0 Å². The second kappa shape index (κ2) is 8.96. The third-order valence-corrected chi connectivity index (χ3v) is 4.07. The van der Waals surface area contributed by atoms with Crippen LogP contribution in [0.15, 0.2) is 48.7 Å². The van der Waals surface area contributed by atoms with E-state index in [-0.39, 0.29) is 24.8 Å². The number of morpholine rings is 1. The van der Waals surface area contributed by atoms with Crippen molar-refractivity contribution in [2.75, 3.05) is 43.1 Å². The lowest BCUT2D eigenvalue weighted by molar-refractivity contribution is -0.116. The number of rotatable bonds is 6. The first-order chi connectivity index (χ1) is 12.7. The van der Waals surface area contributed by atoms with E-state index in [1.807, 2.05) is 12.1 Å². The third-order valence-electron chi connectivity index (χ3n) is 4.07. The van der Waals surface area contributed by atoms with E-state index >= 15 is 0 Å². The van der Waals surface area contributed by atoms with Crippen molar-refractivity contribution >= 4 is 23.3 Å². The van der Waals surface area contributed by atoms with Crippen molar-refractivity contribution < 1.29 is 14.3 Å². The Kier molecular flexibility index (Phi) is 6.16. The van der Waals surface area contributed by atoms with Crippen LogP contribution in [0.25, 0.3) is 0 Å². The first kappa shape index (κ1) is 17.9. The van der Waals surface area contributed by atoms with Gasteiger partial charge in [-0.3, -0.25) is 9.59 Å². The molecule has 3 rings (SSSR count). The highest BCUT2D eigenvalue weighted by molar-refractivity contribution is 5.95. The number of hydrogen-bond donors (Lipinski definition) is 2. The average Bonchev–Trinajstić information content (AvgIpc) is 2.70. The van der Waals surface area contributed by atoms with E-state index in [9.17, 15) is 9.59 Å². The van der Waals surface area contributed by atoms with Gasteiger partial charge in [0.1, 0.15) is 5.82 Å². The fourth-order valence-electron chi connectivity index (χ4n) is 2.66. The molecule has 0 unspecified atom stereocenters. The summed E-state index contributed by atoms with van der Waals surface area (Å²) in [6.45, 7) is 3.38. The lowest BCUT2D eigenvalue weighted by Crippen LogP contribution is -2.36. The molecule has 1 aliphatic rings. The Hall–Kier alpha value is -2.93. The van der Waals surface area contributed by atoms with Crippen LogP contribution in [0.3, 0.4) is 0 Å². The van der Waals surface area contributed by atoms with Crippen LogP contribution in [-0.2, 0) is 9.53 Å². The van der Waals surface area contributed by atoms with Crippen molar-refractivity contribution in [3.63, 3.8) is 0 Å². The molecule has 2 aromatic rings. The molecular formula is C19H22N4O3. The summed E-state index contributed by atoms with van der Waals surface area (Å²) < 4.78 is 5.33. The van der Waals surface area contributed by atoms with Crippen LogP contribution < -0.4 is 15.5 Å². The van der Waals surface area contributed by atoms with Crippen molar-refractivity contribution in [2.45, 2.75) is 6.42 Å². The van der Waals surface area contributed by atoms with Gasteiger partial charge in [0.25, 0.3) is 5.91 Å². The number of aromatic nitrogens is 1. The van der Waals surface area contributed by atoms with Gasteiger partial charge in [-0.15, -0.1) is 0 Å². The van der Waals surface area contributed by atoms with E-state index in [1.54, 1.807) is 36.5 Å². The lowest BCUT2D eigenvalue weighted by Gasteiger charge is -2.28. The molecule has 2 heterocycles. The molecule has 1 aromatic heterocycles. The van der Waals surface area contributed by atoms with Gasteiger partial charge >= 0.3 is 0 Å². The molecule has 1 fully saturated rings. The van der Waals surface area contributed by atoms with Crippen molar-refractivity contribution in [2.24, 2.45) is 0 Å². The van der Waals surface area contributed by atoms with Crippen LogP contribution in [0.1, 0.15) is 16.8 Å². The topological polar surface area (TPSA) is 83.6 Å². The zero-order valence-electron chi connectivity index (χ0n) is 14.5. The quantitative estimate of drug-likeness (QED) is 0.825. The van der Waals surface area contributed by atoms with E-state index < -0.39 is 0 Å². The molecule has 0 atom stereocenters. The normalized spacial score (nSPS) is 13.9. The van der Waals surface area contributed by atoms with E-state index in [4.69, 9.17) is 4.74 Å². The summed E-state index contributed by atoms with van der Waals surface area (Å²) in [4.78, 5) is 30.4. The standard InChI is InChI=1S/C19H22N4O3/c24-18(8-9-20-19(25)15-4-2-1-3-5-15)22-17-7-6-16(14-21-17)23-10-12-26-13-11-23/h1-7,14H,8-13H2,(H,20,25)(H,21,22,24). The van der Waals surface area contributed by atoms with E-state index in [2.05, 4.69) is 20.5 Å². The fourth-order valence-corrected chi connectivity index (χ4v) is 2.66. The molecule has 1 saturated heterocycles. The highest BCUT2D eigenvalue weighted by atomic mass is 16.5. The van der Waals surface area contributed by atoms with Gasteiger partial charge in [0.15, 0.2) is 0 Å². The summed E-state index contributed by atoms with van der Waals surface area (Å²) in [6.07, 6.45) is 1.93. The van der Waals surface area contributed by atoms with Crippen LogP contribution in [0.4, 0.5) is 11.5 Å². The molecule has 0 saturated carbocycles. The number of pyridine rings is 1. The van der Waals surface area contributed by atoms with Gasteiger partial charge in [0, 0.05) is 31.6 Å². The number of nitrogens with one attached hydrogen (secondary N) is 2. The van der Waals surface area contributed by atoms with Crippen LogP contribution in [0.5, 0.6) is 0 Å². The Morgan fingerprint density at radius 3 is 2.54 bits per heavy atom. The zero-order valence-corrected chi connectivity index (χ0v) is 14.5. The van der Waals surface area contributed by atoms with Crippen molar-refractivity contribution in [3.05, 3.63) is 54.2 Å². The Bertz CT molecular complexity index is 728. The molecule has 7 heteroatoms. The minimum atomic E-state index is -0.190. The number of hydrogen-bond acceptors (Lipinski definition) is 5. The van der Waals surface area contributed by atoms with E-state index in [1.165, 1.54) is 0 Å². The minimum Gasteiger partial charge on any atom is -0.378 e. The van der Waals surface area contributed by atoms with Crippen LogP contribution >= 0.6 is 0 Å². The molecule has 26 heavy (non-hydrogen) atoms. The fraction of sp³-hybridized carbons (Fsp3) is 0.316. The molecule has 136 valence electrons. The first-order valence-corrected chi connectivity index (χ1v) is 8.64. The molecule has 0 radical (unpaired) electrons. The number of benzene rings is 1. The molecule has 2 amide bonds. The Labute approximate surface area is 152 Å². The van der Waals surface area contributed by atoms with Gasteiger partial charge < -0.3 is 20.3 Å². The van der Waals surface area contributed by atoms with E-state index in [0.29, 0.717) is 24.6 Å². The molecule has 7 nitrogen and oxygen atoms in total. The maximum absolute atomic E-state index is 12.0. The van der Waals surface area contributed by atoms with Crippen LogP contribution in [0.2, 0.25) is 0 Å². The van der Waals surface area contributed by atoms with Gasteiger partial charge in [-0.05, 0) is 24.3 Å². The summed E-state index contributed by atoms with van der Waals surface area (Å²) in [6, 6.07) is 12.6. The molecule has 2 N–H and O–H groups in total. The third kappa shape index (κ3) is 5.03. The summed E-state index contributed by atoms with van der Waals surface area (Å²) in [5.74, 6) is 0.123. The first-order valence-electron chi connectivity index (χ1n) is 8.64. The SMILES string of the molecule is O=C(CCNC(=O)c1ccccc1)Nc1ccc(N2CCOCC2)cn1. The smallest absolute Gasteiger partial charge is 0.251 e. The molecule has 1 aliphatic heterocycles. The number of nitrogens with zero attached hydrogens (tertiary/aromatic N) is 2. The second-order valence-electron chi connectivity index (χ2n) is 5.92. The zero-order chi connectivity index (χ0) is 18.2. The molecule has 0 bridgehead atoms. The molecule has 0 aliphatic carbocycles. The Morgan fingerprint density at radius 2 is 1.85 bits per heavy atom. The Morgan fingerprint density at radius 1 is 1.08 bits per heavy atom. The average molecular weight is 354 g/mol. The highest BCUT2D eigenvalue weighted by Gasteiger charge is 2.12. The highest BCUT2D eigenvalue weighted by Crippen LogP contribution is 2.16. The van der Waals surface area contributed by atoms with Gasteiger partial charge in [-0.1, -0.05) is 18.2 Å².